The standard InChI is InChI=1S/C72H88N14O15S2/c1-44(2)59(80-56(87)16-7-6-8-28-85-57(88)23-24-58(85)89)64(92)78-53(14-10-27-75-66(73)95)63(91)77-48-19-17-46(18-20-48)36-100-68(96)83(31-33-103(97,98)99)30-32-101-72-40-69(4)37-70(5,41-72)39-71(38-69,42-72)43-86-45(3)51(34-76-86)49-21-22-55(79-60(49)65(93)94)84-29-25-47-12-9-13-50(52(47)35-84)62(90)82-67-81-61-54(102-67)15-11-26-74-61/h9,11-13,15,17-24,26,34,44,53,59H,6-8,10,14,16,25,27-33,35-43H2,1-5H3,(H,77,91)(H,78,92)(H,80,87)(H,93,94)(H3,73,75,95)(H,97,98,99)(H,74,81,82,90)/t53-,59?,69?,70?,71?,72?/m0/s1. The molecule has 6 aromatic rings. The number of unbranched alkanes of at least 4 members (excludes halogenated alkanes) is 2. The zero-order chi connectivity index (χ0) is 73.6. The Hall–Kier alpha value is -9.72. The van der Waals surface area contributed by atoms with Crippen LogP contribution >= 0.6 is 11.3 Å². The first-order valence-electron chi connectivity index (χ1n) is 34.7. The van der Waals surface area contributed by atoms with Crippen molar-refractivity contribution in [2.24, 2.45) is 27.9 Å². The van der Waals surface area contributed by atoms with Crippen molar-refractivity contribution < 1.29 is 70.7 Å². The Morgan fingerprint density at radius 2 is 1.57 bits per heavy atom. The monoisotopic (exact) mass is 1450 g/mol. The molecule has 12 rings (SSSR count). The van der Waals surface area contributed by atoms with Crippen LogP contribution in [0.25, 0.3) is 21.5 Å². The third kappa shape index (κ3) is 18.2. The average molecular weight is 1450 g/mol. The third-order valence-corrected chi connectivity index (χ3v) is 21.7. The summed E-state index contributed by atoms with van der Waals surface area (Å²) < 4.78 is 49.6. The lowest BCUT2D eigenvalue weighted by Crippen LogP contribution is -2.64. The number of aromatic nitrogens is 5. The molecule has 2 aromatic carbocycles. The van der Waals surface area contributed by atoms with Gasteiger partial charge in [0.05, 0.1) is 28.9 Å². The summed E-state index contributed by atoms with van der Waals surface area (Å²) in [7, 11) is -4.51. The molecular formula is C72H88N14O15S2. The maximum atomic E-state index is 13.9. The van der Waals surface area contributed by atoms with E-state index < -0.39 is 75.9 Å². The van der Waals surface area contributed by atoms with E-state index in [2.05, 4.69) is 50.4 Å². The number of thiazole rings is 1. The van der Waals surface area contributed by atoms with Crippen molar-refractivity contribution in [2.75, 3.05) is 60.6 Å². The van der Waals surface area contributed by atoms with Gasteiger partial charge in [-0.05, 0) is 159 Å². The van der Waals surface area contributed by atoms with Gasteiger partial charge in [0.15, 0.2) is 16.5 Å². The summed E-state index contributed by atoms with van der Waals surface area (Å²) in [5, 5.41) is 29.8. The highest BCUT2D eigenvalue weighted by atomic mass is 32.2. The second kappa shape index (κ2) is 31.1. The van der Waals surface area contributed by atoms with Crippen molar-refractivity contribution in [1.82, 2.24) is 50.5 Å². The van der Waals surface area contributed by atoms with E-state index in [1.54, 1.807) is 62.6 Å². The van der Waals surface area contributed by atoms with Crippen LogP contribution < -0.4 is 37.2 Å². The number of ether oxygens (including phenoxy) is 2. The highest BCUT2D eigenvalue weighted by Gasteiger charge is 2.66. The number of carboxylic acids is 1. The molecule has 3 unspecified atom stereocenters. The Kier molecular flexibility index (Phi) is 22.5. The molecule has 4 aromatic heterocycles. The molecule has 4 saturated carbocycles. The van der Waals surface area contributed by atoms with Crippen LogP contribution in [0.5, 0.6) is 0 Å². The Morgan fingerprint density at radius 3 is 2.27 bits per heavy atom. The first kappa shape index (κ1) is 74.5. The molecule has 4 fully saturated rings. The number of carbonyl (C=O) groups is 9. The largest absolute Gasteiger partial charge is 0.476 e. The molecule has 9 N–H and O–H groups in total. The van der Waals surface area contributed by atoms with Gasteiger partial charge in [-0.15, -0.1) is 0 Å². The van der Waals surface area contributed by atoms with E-state index >= 15 is 0 Å². The van der Waals surface area contributed by atoms with Crippen LogP contribution in [0, 0.1) is 29.1 Å². The van der Waals surface area contributed by atoms with Crippen LogP contribution in [0.1, 0.15) is 148 Å². The van der Waals surface area contributed by atoms with E-state index in [1.807, 2.05) is 46.8 Å². The lowest BCUT2D eigenvalue weighted by atomic mass is 9.39. The molecule has 29 nitrogen and oxygen atoms in total. The molecule has 6 aliphatic rings. The fraction of sp³-hybridized carbons (Fsp3) is 0.486. The van der Waals surface area contributed by atoms with Gasteiger partial charge in [-0.1, -0.05) is 69.7 Å². The van der Waals surface area contributed by atoms with Crippen LogP contribution in [-0.2, 0) is 69.7 Å². The number of anilines is 3. The lowest BCUT2D eigenvalue weighted by Gasteiger charge is -2.69. The normalized spacial score (nSPS) is 20.9. The van der Waals surface area contributed by atoms with E-state index in [-0.39, 0.29) is 97.7 Å². The zero-order valence-corrected chi connectivity index (χ0v) is 60.0. The molecule has 0 radical (unpaired) electrons. The number of amides is 9. The summed E-state index contributed by atoms with van der Waals surface area (Å²) in [4.78, 5) is 135. The van der Waals surface area contributed by atoms with Gasteiger partial charge in [0.2, 0.25) is 17.7 Å². The minimum absolute atomic E-state index is 0.0250. The predicted octanol–water partition coefficient (Wildman–Crippen LogP) is 7.93. The highest BCUT2D eigenvalue weighted by Crippen LogP contribution is 2.72. The number of primary amides is 1. The minimum Gasteiger partial charge on any atom is -0.476 e. The molecule has 9 amide bonds. The molecule has 4 bridgehead atoms. The number of carbonyl (C=O) groups excluding carboxylic acids is 8. The Labute approximate surface area is 600 Å². The first-order valence-corrected chi connectivity index (χ1v) is 37.1. The topological polar surface area (TPSA) is 399 Å². The number of nitrogens with one attached hydrogen (secondary N) is 5. The molecule has 4 atom stereocenters. The van der Waals surface area contributed by atoms with Gasteiger partial charge in [0.25, 0.3) is 27.8 Å². The van der Waals surface area contributed by atoms with Gasteiger partial charge in [-0.3, -0.25) is 48.2 Å². The lowest BCUT2D eigenvalue weighted by molar-refractivity contribution is -0.248. The Bertz CT molecular complexity index is 4340. The number of aromatic carboxylic acids is 1. The Morgan fingerprint density at radius 1 is 0.825 bits per heavy atom. The second-order valence-electron chi connectivity index (χ2n) is 29.1. The second-order valence-corrected chi connectivity index (χ2v) is 31.7. The number of carboxylic acid groups (broad SMARTS) is 1. The number of nitrogens with zero attached hydrogens (tertiary/aromatic N) is 8. The van der Waals surface area contributed by atoms with Crippen LogP contribution in [0.2, 0.25) is 0 Å². The number of fused-ring (bicyclic) bond motifs is 2. The summed E-state index contributed by atoms with van der Waals surface area (Å²) in [6, 6.07) is 16.3. The number of urea groups is 1. The van der Waals surface area contributed by atoms with E-state index in [0.29, 0.717) is 96.3 Å². The molecule has 4 aliphatic carbocycles. The summed E-state index contributed by atoms with van der Waals surface area (Å²) in [5.41, 5.74) is 9.48. The molecular weight excluding hydrogens is 1370 g/mol. The van der Waals surface area contributed by atoms with Gasteiger partial charge in [0, 0.05) is 98.7 Å². The van der Waals surface area contributed by atoms with Crippen molar-refractivity contribution >= 4 is 102 Å². The Balaban J connectivity index is 0.698. The zero-order valence-electron chi connectivity index (χ0n) is 58.3. The van der Waals surface area contributed by atoms with E-state index in [1.165, 1.54) is 28.4 Å². The van der Waals surface area contributed by atoms with Gasteiger partial charge < -0.3 is 51.4 Å². The first-order chi connectivity index (χ1) is 49.0. The molecule has 103 heavy (non-hydrogen) atoms. The van der Waals surface area contributed by atoms with Crippen molar-refractivity contribution in [3.05, 3.63) is 125 Å². The SMILES string of the molecule is Cc1c(-c2ccc(N3CCc4cccc(C(=O)Nc5nc6ncccc6s5)c4C3)nc2C(=O)O)cnn1CC12CC3(C)CC(C)(C1)CC(OCCN(CCS(=O)(=O)O)C(=O)OCc1ccc(NC(=O)[C@H](CCCNC(N)=O)NC(=O)C(NC(=O)CCCCCN4C(=O)C=CC4=O)C(C)C)cc1)(C3)C2. The van der Waals surface area contributed by atoms with E-state index in [9.17, 15) is 61.2 Å². The van der Waals surface area contributed by atoms with Crippen LogP contribution in [0.3, 0.4) is 0 Å². The van der Waals surface area contributed by atoms with Crippen LogP contribution in [0.4, 0.5) is 26.2 Å². The van der Waals surface area contributed by atoms with E-state index in [4.69, 9.17) is 25.3 Å². The third-order valence-electron chi connectivity index (χ3n) is 20.1. The number of hydrogen-bond acceptors (Lipinski definition) is 19. The molecule has 31 heteroatoms. The van der Waals surface area contributed by atoms with Crippen molar-refractivity contribution in [3.8, 4) is 11.1 Å². The number of benzene rings is 2. The van der Waals surface area contributed by atoms with Crippen molar-refractivity contribution in [2.45, 2.75) is 155 Å². The summed E-state index contributed by atoms with van der Waals surface area (Å²) in [5.74, 6) is -4.57. The molecule has 2 aliphatic heterocycles. The van der Waals surface area contributed by atoms with Gasteiger partial charge in [-0.25, -0.2) is 24.4 Å². The van der Waals surface area contributed by atoms with Crippen molar-refractivity contribution in [1.29, 1.82) is 0 Å². The fourth-order valence-electron chi connectivity index (χ4n) is 16.6. The van der Waals surface area contributed by atoms with Gasteiger partial charge in [0.1, 0.15) is 24.5 Å². The van der Waals surface area contributed by atoms with E-state index in [0.717, 1.165) is 58.5 Å². The smallest absolute Gasteiger partial charge is 0.410 e. The maximum Gasteiger partial charge on any atom is 0.410 e. The highest BCUT2D eigenvalue weighted by molar-refractivity contribution is 7.85. The molecule has 0 spiro atoms. The number of nitrogens with two attached hydrogens (primary N) is 1. The van der Waals surface area contributed by atoms with Crippen LogP contribution in [-0.4, -0.2) is 169 Å². The summed E-state index contributed by atoms with van der Waals surface area (Å²) in [6.45, 7) is 11.0. The van der Waals surface area contributed by atoms with Gasteiger partial charge in [-0.2, -0.15) is 18.5 Å². The quantitative estimate of drug-likeness (QED) is 0.0113. The minimum atomic E-state index is -4.51. The molecule has 0 saturated heterocycles. The number of imide groups is 1. The molecule has 6 heterocycles. The number of rotatable bonds is 32. The predicted molar refractivity (Wildman–Crippen MR) is 382 cm³/mol. The number of hydrogen-bond donors (Lipinski definition) is 8. The van der Waals surface area contributed by atoms with Crippen molar-refractivity contribution in [3.63, 3.8) is 0 Å². The van der Waals surface area contributed by atoms with Crippen LogP contribution in [0.15, 0.2) is 91.3 Å². The maximum absolute atomic E-state index is 13.9. The summed E-state index contributed by atoms with van der Waals surface area (Å²) >= 11 is 1.34. The average Bonchev–Trinajstić information content (AvgIpc) is 0.895. The van der Waals surface area contributed by atoms with Gasteiger partial charge >= 0.3 is 18.1 Å². The number of pyridine rings is 2. The fourth-order valence-corrected chi connectivity index (χ4v) is 17.8. The molecule has 548 valence electrons. The summed E-state index contributed by atoms with van der Waals surface area (Å²) in [6.07, 6.45) is 12.3.